The van der Waals surface area contributed by atoms with Crippen molar-refractivity contribution in [1.82, 2.24) is 9.55 Å². The summed E-state index contributed by atoms with van der Waals surface area (Å²) in [7, 11) is 0. The van der Waals surface area contributed by atoms with Crippen molar-refractivity contribution in [1.29, 1.82) is 0 Å². The van der Waals surface area contributed by atoms with E-state index in [-0.39, 0.29) is 6.61 Å². The van der Waals surface area contributed by atoms with Gasteiger partial charge in [0.05, 0.1) is 17.6 Å². The molecule has 0 bridgehead atoms. The van der Waals surface area contributed by atoms with Crippen LogP contribution in [0.5, 0.6) is 0 Å². The fraction of sp³-hybridized carbons (Fsp3) is 0.533. The minimum Gasteiger partial charge on any atom is -0.396 e. The maximum absolute atomic E-state index is 9.17. The Balaban J connectivity index is 2.40. The van der Waals surface area contributed by atoms with E-state index in [1.54, 1.807) is 0 Å². The molecule has 1 aromatic heterocycles. The maximum Gasteiger partial charge on any atom is 0.112 e. The number of nitrogens with zero attached hydrogens (tertiary/aromatic N) is 2. The Morgan fingerprint density at radius 1 is 1.33 bits per heavy atom. The number of aliphatic hydroxyl groups is 1. The molecule has 2 rings (SSSR count). The number of para-hydroxylation sites is 2. The molecule has 0 saturated heterocycles. The number of aromatic nitrogens is 2. The topological polar surface area (TPSA) is 38.0 Å². The minimum absolute atomic E-state index is 0.157. The van der Waals surface area contributed by atoms with E-state index in [0.29, 0.717) is 12.5 Å². The van der Waals surface area contributed by atoms with E-state index < -0.39 is 0 Å². The summed E-state index contributed by atoms with van der Waals surface area (Å²) >= 11 is 0. The first-order chi connectivity index (χ1) is 8.77. The van der Waals surface area contributed by atoms with E-state index >= 15 is 0 Å². The minimum atomic E-state index is 0.157. The number of unbranched alkanes of at least 4 members (excludes halogenated alkanes) is 1. The molecule has 1 N–H and O–H groups in total. The number of hydrogen-bond donors (Lipinski definition) is 1. The van der Waals surface area contributed by atoms with E-state index in [2.05, 4.69) is 35.5 Å². The predicted octanol–water partition coefficient (Wildman–Crippen LogP) is 3.32. The van der Waals surface area contributed by atoms with Gasteiger partial charge < -0.3 is 9.67 Å². The van der Waals surface area contributed by atoms with Crippen LogP contribution < -0.4 is 0 Å². The molecule has 1 atom stereocenters. The van der Waals surface area contributed by atoms with Crippen LogP contribution in [0.15, 0.2) is 24.3 Å². The average molecular weight is 246 g/mol. The molecular formula is C15H22N2O. The van der Waals surface area contributed by atoms with E-state index in [9.17, 15) is 5.11 Å². The van der Waals surface area contributed by atoms with Gasteiger partial charge in [-0.1, -0.05) is 31.9 Å². The van der Waals surface area contributed by atoms with Gasteiger partial charge in [-0.05, 0) is 25.5 Å². The summed E-state index contributed by atoms with van der Waals surface area (Å²) < 4.78 is 2.29. The Kier molecular flexibility index (Phi) is 4.37. The third-order valence-corrected chi connectivity index (χ3v) is 3.42. The summed E-state index contributed by atoms with van der Waals surface area (Å²) in [5, 5.41) is 9.17. The fourth-order valence-corrected chi connectivity index (χ4v) is 2.49. The van der Waals surface area contributed by atoms with Gasteiger partial charge in [0, 0.05) is 12.5 Å². The first-order valence-corrected chi connectivity index (χ1v) is 6.84. The lowest BCUT2D eigenvalue weighted by atomic mass is 10.1. The zero-order valence-corrected chi connectivity index (χ0v) is 11.3. The largest absolute Gasteiger partial charge is 0.396 e. The molecule has 0 spiro atoms. The molecule has 0 radical (unpaired) electrons. The molecule has 0 aliphatic heterocycles. The van der Waals surface area contributed by atoms with Crippen LogP contribution in [0.1, 0.15) is 45.0 Å². The lowest BCUT2D eigenvalue weighted by Crippen LogP contribution is -2.10. The number of hydrogen-bond acceptors (Lipinski definition) is 2. The van der Waals surface area contributed by atoms with Crippen LogP contribution in [-0.4, -0.2) is 21.3 Å². The van der Waals surface area contributed by atoms with Gasteiger partial charge in [-0.2, -0.15) is 0 Å². The van der Waals surface area contributed by atoms with Gasteiger partial charge in [0.2, 0.25) is 0 Å². The number of benzene rings is 1. The van der Waals surface area contributed by atoms with Crippen LogP contribution in [0.25, 0.3) is 11.0 Å². The van der Waals surface area contributed by atoms with Gasteiger partial charge in [0.25, 0.3) is 0 Å². The molecule has 0 saturated carbocycles. The Labute approximate surface area is 108 Å². The zero-order chi connectivity index (χ0) is 13.0. The molecule has 3 nitrogen and oxygen atoms in total. The number of rotatable bonds is 6. The monoisotopic (exact) mass is 246 g/mol. The molecule has 18 heavy (non-hydrogen) atoms. The van der Waals surface area contributed by atoms with Gasteiger partial charge >= 0.3 is 0 Å². The van der Waals surface area contributed by atoms with Crippen molar-refractivity contribution >= 4 is 11.0 Å². The summed E-state index contributed by atoms with van der Waals surface area (Å²) in [6, 6.07) is 8.67. The third kappa shape index (κ3) is 2.56. The molecule has 0 aliphatic rings. The van der Waals surface area contributed by atoms with Crippen molar-refractivity contribution < 1.29 is 5.11 Å². The second-order valence-corrected chi connectivity index (χ2v) is 4.85. The van der Waals surface area contributed by atoms with Crippen LogP contribution in [-0.2, 0) is 6.42 Å². The van der Waals surface area contributed by atoms with E-state index in [1.807, 2.05) is 12.1 Å². The molecule has 2 aromatic rings. The quantitative estimate of drug-likeness (QED) is 0.849. The molecule has 1 aromatic carbocycles. The summed E-state index contributed by atoms with van der Waals surface area (Å²) in [4.78, 5) is 4.63. The van der Waals surface area contributed by atoms with E-state index in [1.165, 1.54) is 18.4 Å². The number of aliphatic hydroxyl groups excluding tert-OH is 1. The molecule has 0 fully saturated rings. The third-order valence-electron chi connectivity index (χ3n) is 3.42. The highest BCUT2D eigenvalue weighted by atomic mass is 16.3. The van der Waals surface area contributed by atoms with Gasteiger partial charge in [-0.25, -0.2) is 4.98 Å². The van der Waals surface area contributed by atoms with E-state index in [4.69, 9.17) is 0 Å². The summed E-state index contributed by atoms with van der Waals surface area (Å²) in [6.45, 7) is 4.61. The second kappa shape index (κ2) is 6.01. The van der Waals surface area contributed by atoms with Crippen molar-refractivity contribution in [2.45, 2.75) is 45.6 Å². The van der Waals surface area contributed by atoms with Crippen LogP contribution in [0.2, 0.25) is 0 Å². The van der Waals surface area contributed by atoms with Crippen LogP contribution in [0, 0.1) is 0 Å². The predicted molar refractivity (Wildman–Crippen MR) is 74.8 cm³/mol. The van der Waals surface area contributed by atoms with Crippen molar-refractivity contribution in [3.05, 3.63) is 30.1 Å². The zero-order valence-electron chi connectivity index (χ0n) is 11.3. The smallest absolute Gasteiger partial charge is 0.112 e. The lowest BCUT2D eigenvalue weighted by Gasteiger charge is -2.17. The summed E-state index contributed by atoms with van der Waals surface area (Å²) in [6.07, 6.45) is 4.24. The molecule has 1 heterocycles. The van der Waals surface area contributed by atoms with E-state index in [0.717, 1.165) is 17.8 Å². The highest BCUT2D eigenvalue weighted by molar-refractivity contribution is 5.76. The normalized spacial score (nSPS) is 13.1. The van der Waals surface area contributed by atoms with Crippen LogP contribution in [0.4, 0.5) is 0 Å². The molecule has 3 heteroatoms. The second-order valence-electron chi connectivity index (χ2n) is 4.85. The molecule has 98 valence electrons. The van der Waals surface area contributed by atoms with Crippen molar-refractivity contribution in [2.75, 3.05) is 6.61 Å². The van der Waals surface area contributed by atoms with Crippen LogP contribution >= 0.6 is 0 Å². The molecular weight excluding hydrogens is 224 g/mol. The van der Waals surface area contributed by atoms with Gasteiger partial charge in [0.15, 0.2) is 0 Å². The highest BCUT2D eigenvalue weighted by Crippen LogP contribution is 2.24. The Morgan fingerprint density at radius 2 is 2.11 bits per heavy atom. The molecule has 0 aliphatic carbocycles. The number of fused-ring (bicyclic) bond motifs is 1. The Morgan fingerprint density at radius 3 is 2.83 bits per heavy atom. The molecule has 0 amide bonds. The van der Waals surface area contributed by atoms with Gasteiger partial charge in [-0.15, -0.1) is 0 Å². The highest BCUT2D eigenvalue weighted by Gasteiger charge is 2.14. The van der Waals surface area contributed by atoms with Gasteiger partial charge in [-0.3, -0.25) is 0 Å². The van der Waals surface area contributed by atoms with Crippen LogP contribution in [0.3, 0.4) is 0 Å². The van der Waals surface area contributed by atoms with Gasteiger partial charge in [0.1, 0.15) is 5.82 Å². The standard InChI is InChI=1S/C15H22N2O/c1-3-4-7-12(2)17-14-9-6-5-8-13(14)16-15(17)10-11-18/h5-6,8-9,12,18H,3-4,7,10-11H2,1-2H3. The molecule has 1 unspecified atom stereocenters. The summed E-state index contributed by atoms with van der Waals surface area (Å²) in [5.74, 6) is 1.00. The van der Waals surface area contributed by atoms with Crippen molar-refractivity contribution in [3.63, 3.8) is 0 Å². The average Bonchev–Trinajstić information content (AvgIpc) is 2.74. The van der Waals surface area contributed by atoms with Crippen molar-refractivity contribution in [2.24, 2.45) is 0 Å². The maximum atomic E-state index is 9.17. The SMILES string of the molecule is CCCCC(C)n1c(CCO)nc2ccccc21. The first-order valence-electron chi connectivity index (χ1n) is 6.84. The number of imidazole rings is 1. The Bertz CT molecular complexity index is 504. The summed E-state index contributed by atoms with van der Waals surface area (Å²) in [5.41, 5.74) is 2.22. The Hall–Kier alpha value is -1.35. The fourth-order valence-electron chi connectivity index (χ4n) is 2.49. The first kappa shape index (κ1) is 13.1. The van der Waals surface area contributed by atoms with Crippen molar-refractivity contribution in [3.8, 4) is 0 Å². The lowest BCUT2D eigenvalue weighted by molar-refractivity contribution is 0.293.